The monoisotopic (exact) mass is 482 g/mol. The lowest BCUT2D eigenvalue weighted by atomic mass is 10.0. The van der Waals surface area contributed by atoms with Crippen LogP contribution in [0.5, 0.6) is 0 Å². The number of anilines is 1. The number of sulfonamides is 1. The molecule has 33 heavy (non-hydrogen) atoms. The molecule has 1 amide bonds. The van der Waals surface area contributed by atoms with Crippen LogP contribution in [0, 0.1) is 34.0 Å². The van der Waals surface area contributed by atoms with E-state index < -0.39 is 15.9 Å². The normalized spacial score (nSPS) is 13.5. The molecule has 11 heteroatoms. The van der Waals surface area contributed by atoms with Crippen LogP contribution in [0.25, 0.3) is 0 Å². The number of rotatable bonds is 8. The SMILES string of the molecule is CN1CCc2c(sc(NC(=O)c3ccc(S(=O)(=O)N(CCC#N)CCC#N)cc3)c2C#N)C1. The Morgan fingerprint density at radius 2 is 1.79 bits per heavy atom. The molecule has 2 aromatic rings. The Kier molecular flexibility index (Phi) is 7.80. The van der Waals surface area contributed by atoms with Crippen LogP contribution < -0.4 is 5.32 Å². The second kappa shape index (κ2) is 10.6. The van der Waals surface area contributed by atoms with Crippen molar-refractivity contribution in [1.82, 2.24) is 9.21 Å². The number of benzene rings is 1. The Bertz CT molecular complexity index is 1250. The molecular formula is C22H22N6O3S2. The molecular weight excluding hydrogens is 460 g/mol. The van der Waals surface area contributed by atoms with Gasteiger partial charge in [-0.1, -0.05) is 0 Å². The summed E-state index contributed by atoms with van der Waals surface area (Å²) in [5, 5.41) is 30.5. The summed E-state index contributed by atoms with van der Waals surface area (Å²) in [7, 11) is -1.91. The van der Waals surface area contributed by atoms with Crippen molar-refractivity contribution in [1.29, 1.82) is 15.8 Å². The molecule has 1 aromatic carbocycles. The van der Waals surface area contributed by atoms with E-state index >= 15 is 0 Å². The highest BCUT2D eigenvalue weighted by Gasteiger charge is 2.26. The molecule has 0 atom stereocenters. The molecule has 0 spiro atoms. The van der Waals surface area contributed by atoms with Crippen LogP contribution in [0.1, 0.15) is 39.2 Å². The Morgan fingerprint density at radius 1 is 1.15 bits per heavy atom. The van der Waals surface area contributed by atoms with Gasteiger partial charge in [0, 0.05) is 49.5 Å². The van der Waals surface area contributed by atoms with E-state index in [1.165, 1.54) is 35.6 Å². The molecule has 0 aliphatic carbocycles. The highest BCUT2D eigenvalue weighted by Crippen LogP contribution is 2.36. The Labute approximate surface area is 197 Å². The molecule has 0 unspecified atom stereocenters. The topological polar surface area (TPSA) is 141 Å². The number of fused-ring (bicyclic) bond motifs is 1. The van der Waals surface area contributed by atoms with Gasteiger partial charge in [-0.25, -0.2) is 8.42 Å². The van der Waals surface area contributed by atoms with Crippen molar-refractivity contribution in [2.24, 2.45) is 0 Å². The number of nitrogens with zero attached hydrogens (tertiary/aromatic N) is 5. The van der Waals surface area contributed by atoms with Crippen molar-refractivity contribution in [3.05, 3.63) is 45.8 Å². The van der Waals surface area contributed by atoms with Crippen molar-refractivity contribution in [3.63, 3.8) is 0 Å². The van der Waals surface area contributed by atoms with Gasteiger partial charge in [0.1, 0.15) is 11.1 Å². The van der Waals surface area contributed by atoms with Crippen LogP contribution in [0.4, 0.5) is 5.00 Å². The van der Waals surface area contributed by atoms with Gasteiger partial charge >= 0.3 is 0 Å². The van der Waals surface area contributed by atoms with Gasteiger partial charge in [0.25, 0.3) is 5.91 Å². The zero-order valence-electron chi connectivity index (χ0n) is 18.0. The first-order valence-electron chi connectivity index (χ1n) is 10.2. The van der Waals surface area contributed by atoms with Crippen molar-refractivity contribution in [3.8, 4) is 18.2 Å². The molecule has 0 saturated heterocycles. The van der Waals surface area contributed by atoms with Crippen molar-refractivity contribution < 1.29 is 13.2 Å². The number of amides is 1. The fraction of sp³-hybridized carbons (Fsp3) is 0.364. The zero-order valence-corrected chi connectivity index (χ0v) is 19.7. The third kappa shape index (κ3) is 5.39. The Morgan fingerprint density at radius 3 is 2.36 bits per heavy atom. The summed E-state index contributed by atoms with van der Waals surface area (Å²) in [6, 6.07) is 11.5. The minimum atomic E-state index is -3.91. The second-order valence-electron chi connectivity index (χ2n) is 7.51. The molecule has 2 heterocycles. The van der Waals surface area contributed by atoms with E-state index in [-0.39, 0.29) is 36.4 Å². The molecule has 9 nitrogen and oxygen atoms in total. The summed E-state index contributed by atoms with van der Waals surface area (Å²) < 4.78 is 26.9. The number of carbonyl (C=O) groups is 1. The van der Waals surface area contributed by atoms with E-state index in [9.17, 15) is 18.5 Å². The van der Waals surface area contributed by atoms with Gasteiger partial charge in [-0.2, -0.15) is 20.1 Å². The first-order chi connectivity index (χ1) is 15.8. The Hall–Kier alpha value is -3.27. The fourth-order valence-corrected chi connectivity index (χ4v) is 6.26. The quantitative estimate of drug-likeness (QED) is 0.610. The van der Waals surface area contributed by atoms with Crippen molar-refractivity contribution in [2.45, 2.75) is 30.7 Å². The number of carbonyl (C=O) groups excluding carboxylic acids is 1. The van der Waals surface area contributed by atoms with Crippen LogP contribution in [0.2, 0.25) is 0 Å². The molecule has 0 fully saturated rings. The van der Waals surface area contributed by atoms with Crippen LogP contribution in [-0.4, -0.2) is 50.2 Å². The number of nitrogens with one attached hydrogen (secondary N) is 1. The van der Waals surface area contributed by atoms with Gasteiger partial charge in [0.15, 0.2) is 0 Å². The lowest BCUT2D eigenvalue weighted by molar-refractivity contribution is 0.102. The van der Waals surface area contributed by atoms with Crippen molar-refractivity contribution >= 4 is 32.3 Å². The molecule has 1 aliphatic heterocycles. The van der Waals surface area contributed by atoms with Gasteiger partial charge < -0.3 is 10.2 Å². The number of hydrogen-bond donors (Lipinski definition) is 1. The largest absolute Gasteiger partial charge is 0.312 e. The first-order valence-corrected chi connectivity index (χ1v) is 12.5. The van der Waals surface area contributed by atoms with E-state index in [1.807, 2.05) is 19.2 Å². The van der Waals surface area contributed by atoms with Crippen LogP contribution in [-0.2, 0) is 23.0 Å². The molecule has 3 rings (SSSR count). The molecule has 0 saturated carbocycles. The number of likely N-dealkylation sites (N-methyl/N-ethyl adjacent to an activating group) is 1. The Balaban J connectivity index is 1.79. The highest BCUT2D eigenvalue weighted by molar-refractivity contribution is 7.89. The van der Waals surface area contributed by atoms with Gasteiger partial charge in [-0.15, -0.1) is 11.3 Å². The predicted molar refractivity (Wildman–Crippen MR) is 123 cm³/mol. The summed E-state index contributed by atoms with van der Waals surface area (Å²) in [6.07, 6.45) is 0.766. The average Bonchev–Trinajstić information content (AvgIpc) is 3.14. The summed E-state index contributed by atoms with van der Waals surface area (Å²) >= 11 is 1.39. The minimum Gasteiger partial charge on any atom is -0.312 e. The summed E-state index contributed by atoms with van der Waals surface area (Å²) in [6.45, 7) is 1.54. The molecule has 1 aliphatic rings. The molecule has 1 aromatic heterocycles. The van der Waals surface area contributed by atoms with Gasteiger partial charge in [0.2, 0.25) is 10.0 Å². The maximum Gasteiger partial charge on any atom is 0.256 e. The van der Waals surface area contributed by atoms with Gasteiger partial charge in [-0.3, -0.25) is 4.79 Å². The van der Waals surface area contributed by atoms with Gasteiger partial charge in [-0.05, 0) is 43.3 Å². The number of thiophene rings is 1. The number of hydrogen-bond acceptors (Lipinski definition) is 8. The second-order valence-corrected chi connectivity index (χ2v) is 10.5. The third-order valence-corrected chi connectivity index (χ3v) is 8.33. The molecule has 0 radical (unpaired) electrons. The van der Waals surface area contributed by atoms with Gasteiger partial charge in [0.05, 0.1) is 22.6 Å². The van der Waals surface area contributed by atoms with E-state index in [4.69, 9.17) is 10.5 Å². The van der Waals surface area contributed by atoms with Crippen molar-refractivity contribution in [2.75, 3.05) is 32.0 Å². The maximum absolute atomic E-state index is 12.9. The average molecular weight is 483 g/mol. The predicted octanol–water partition coefficient (Wildman–Crippen LogP) is 2.68. The zero-order chi connectivity index (χ0) is 24.0. The van der Waals surface area contributed by atoms with E-state index in [0.29, 0.717) is 10.6 Å². The summed E-state index contributed by atoms with van der Waals surface area (Å²) in [5.74, 6) is -0.437. The minimum absolute atomic E-state index is 0.00690. The first kappa shape index (κ1) is 24.4. The summed E-state index contributed by atoms with van der Waals surface area (Å²) in [4.78, 5) is 16.0. The lowest BCUT2D eigenvalue weighted by Crippen LogP contribution is -2.32. The molecule has 1 N–H and O–H groups in total. The van der Waals surface area contributed by atoms with Crippen LogP contribution in [0.15, 0.2) is 29.2 Å². The smallest absolute Gasteiger partial charge is 0.256 e. The highest BCUT2D eigenvalue weighted by atomic mass is 32.2. The van der Waals surface area contributed by atoms with Crippen LogP contribution in [0.3, 0.4) is 0 Å². The fourth-order valence-electron chi connectivity index (χ4n) is 3.54. The van der Waals surface area contributed by atoms with E-state index in [1.54, 1.807) is 0 Å². The standard InChI is InChI=1S/C22H22N6O3S2/c1-27-13-8-18-19(14-25)22(32-20(18)15-27)26-21(29)16-4-6-17(7-5-16)33(30,31)28(11-2-9-23)12-3-10-24/h4-7H,2-3,8,11-13,15H2,1H3,(H,26,29). The van der Waals surface area contributed by atoms with E-state index in [2.05, 4.69) is 16.3 Å². The third-order valence-electron chi connectivity index (χ3n) is 5.29. The summed E-state index contributed by atoms with van der Waals surface area (Å²) in [5.41, 5.74) is 1.72. The number of nitriles is 3. The maximum atomic E-state index is 12.9. The van der Waals surface area contributed by atoms with Crippen LogP contribution >= 0.6 is 11.3 Å². The lowest BCUT2D eigenvalue weighted by Gasteiger charge is -2.21. The molecule has 0 bridgehead atoms. The van der Waals surface area contributed by atoms with E-state index in [0.717, 1.165) is 34.3 Å². The molecule has 170 valence electrons.